The lowest BCUT2D eigenvalue weighted by atomic mass is 9.87. The number of carboxylic acid groups (broad SMARTS) is 1. The van der Waals surface area contributed by atoms with Crippen LogP contribution in [-0.4, -0.2) is 48.4 Å². The molecule has 28 heavy (non-hydrogen) atoms. The average molecular weight is 392 g/mol. The predicted octanol–water partition coefficient (Wildman–Crippen LogP) is 0.250. The third kappa shape index (κ3) is 8.63. The number of nitrogens with two attached hydrogens (primary N) is 1. The molecule has 3 amide bonds. The highest BCUT2D eigenvalue weighted by molar-refractivity contribution is 5.95. The van der Waals surface area contributed by atoms with E-state index in [-0.39, 0.29) is 19.6 Å². The van der Waals surface area contributed by atoms with Crippen LogP contribution in [0.5, 0.6) is 0 Å². The molecule has 6 N–H and O–H groups in total. The van der Waals surface area contributed by atoms with Gasteiger partial charge >= 0.3 is 5.97 Å². The second-order valence-corrected chi connectivity index (χ2v) is 7.05. The van der Waals surface area contributed by atoms with Crippen LogP contribution in [0.3, 0.4) is 0 Å². The molecule has 0 aromatic heterocycles. The first-order valence-corrected chi connectivity index (χ1v) is 8.99. The molecule has 0 fully saturated rings. The van der Waals surface area contributed by atoms with E-state index < -0.39 is 29.1 Å². The van der Waals surface area contributed by atoms with Crippen LogP contribution in [0.4, 0.5) is 5.69 Å². The highest BCUT2D eigenvalue weighted by atomic mass is 16.4. The van der Waals surface area contributed by atoms with Crippen LogP contribution in [0, 0.1) is 5.41 Å². The van der Waals surface area contributed by atoms with Gasteiger partial charge in [-0.25, -0.2) is 0 Å². The number of carbonyl (C=O) groups excluding carboxylic acids is 3. The second-order valence-electron chi connectivity index (χ2n) is 7.05. The van der Waals surface area contributed by atoms with Gasteiger partial charge < -0.3 is 26.8 Å². The van der Waals surface area contributed by atoms with Crippen molar-refractivity contribution in [2.24, 2.45) is 11.1 Å². The van der Waals surface area contributed by atoms with Crippen molar-refractivity contribution in [3.63, 3.8) is 0 Å². The van der Waals surface area contributed by atoms with Crippen molar-refractivity contribution in [2.45, 2.75) is 33.1 Å². The normalized spacial score (nSPS) is 10.8. The zero-order chi connectivity index (χ0) is 21.2. The standard InChI is InChI=1S/C19H28N4O5/c1-19(2,18(27)28)9-3-4-13-5-7-14(8-6-13)23-17(26)12-22-16(25)11-21-15(24)10-20/h5-8H,3-4,9-12,20H2,1-2H3,(H,21,24)(H,22,25)(H,23,26)(H,27,28). The minimum absolute atomic E-state index is 0.207. The number of benzene rings is 1. The molecule has 1 rings (SSSR count). The van der Waals surface area contributed by atoms with Gasteiger partial charge in [-0.15, -0.1) is 0 Å². The Balaban J connectivity index is 2.35. The molecule has 1 aromatic rings. The van der Waals surface area contributed by atoms with Gasteiger partial charge in [-0.3, -0.25) is 19.2 Å². The Hall–Kier alpha value is -2.94. The van der Waals surface area contributed by atoms with E-state index in [1.807, 2.05) is 12.1 Å². The Labute approximate surface area is 164 Å². The van der Waals surface area contributed by atoms with Crippen LogP contribution >= 0.6 is 0 Å². The van der Waals surface area contributed by atoms with Crippen molar-refractivity contribution in [3.05, 3.63) is 29.8 Å². The first-order valence-electron chi connectivity index (χ1n) is 8.99. The molecule has 154 valence electrons. The summed E-state index contributed by atoms with van der Waals surface area (Å²) in [4.78, 5) is 45.4. The zero-order valence-corrected chi connectivity index (χ0v) is 16.2. The van der Waals surface area contributed by atoms with Gasteiger partial charge in [-0.2, -0.15) is 0 Å². The van der Waals surface area contributed by atoms with E-state index in [2.05, 4.69) is 16.0 Å². The zero-order valence-electron chi connectivity index (χ0n) is 16.2. The number of carboxylic acids is 1. The van der Waals surface area contributed by atoms with Crippen molar-refractivity contribution < 1.29 is 24.3 Å². The molecule has 0 saturated heterocycles. The van der Waals surface area contributed by atoms with Crippen LogP contribution in [0.1, 0.15) is 32.3 Å². The van der Waals surface area contributed by atoms with E-state index >= 15 is 0 Å². The van der Waals surface area contributed by atoms with Crippen molar-refractivity contribution in [2.75, 3.05) is 25.0 Å². The van der Waals surface area contributed by atoms with Gasteiger partial charge in [0.2, 0.25) is 17.7 Å². The number of anilines is 1. The monoisotopic (exact) mass is 392 g/mol. The maximum absolute atomic E-state index is 11.9. The largest absolute Gasteiger partial charge is 0.481 e. The molecule has 0 saturated carbocycles. The van der Waals surface area contributed by atoms with Gasteiger partial charge in [0.05, 0.1) is 25.0 Å². The summed E-state index contributed by atoms with van der Waals surface area (Å²) in [6.07, 6.45) is 2.07. The lowest BCUT2D eigenvalue weighted by Crippen LogP contribution is -2.41. The quantitative estimate of drug-likeness (QED) is 0.364. The Kier molecular flexibility index (Phi) is 9.10. The molecular formula is C19H28N4O5. The summed E-state index contributed by atoms with van der Waals surface area (Å²) in [5.74, 6) is -2.14. The summed E-state index contributed by atoms with van der Waals surface area (Å²) >= 11 is 0. The predicted molar refractivity (Wildman–Crippen MR) is 105 cm³/mol. The van der Waals surface area contributed by atoms with Crippen molar-refractivity contribution >= 4 is 29.4 Å². The van der Waals surface area contributed by atoms with Gasteiger partial charge in [-0.05, 0) is 50.8 Å². The molecular weight excluding hydrogens is 364 g/mol. The Morgan fingerprint density at radius 2 is 1.54 bits per heavy atom. The molecule has 0 aliphatic rings. The number of aryl methyl sites for hydroxylation is 1. The van der Waals surface area contributed by atoms with Crippen molar-refractivity contribution in [3.8, 4) is 0 Å². The van der Waals surface area contributed by atoms with Crippen LogP contribution in [0.15, 0.2) is 24.3 Å². The molecule has 0 spiro atoms. The van der Waals surface area contributed by atoms with Crippen LogP contribution < -0.4 is 21.7 Å². The fraction of sp³-hybridized carbons (Fsp3) is 0.474. The lowest BCUT2D eigenvalue weighted by Gasteiger charge is -2.18. The summed E-state index contributed by atoms with van der Waals surface area (Å²) in [5, 5.41) is 16.5. The molecule has 0 aliphatic heterocycles. The minimum Gasteiger partial charge on any atom is -0.481 e. The maximum atomic E-state index is 11.9. The lowest BCUT2D eigenvalue weighted by molar-refractivity contribution is -0.147. The Bertz CT molecular complexity index is 701. The van der Waals surface area contributed by atoms with Crippen LogP contribution in [0.25, 0.3) is 0 Å². The van der Waals surface area contributed by atoms with Gasteiger partial charge in [0, 0.05) is 5.69 Å². The highest BCUT2D eigenvalue weighted by Gasteiger charge is 2.26. The van der Waals surface area contributed by atoms with E-state index in [1.165, 1.54) is 0 Å². The minimum atomic E-state index is -0.806. The van der Waals surface area contributed by atoms with Crippen LogP contribution in [-0.2, 0) is 25.6 Å². The Morgan fingerprint density at radius 1 is 0.964 bits per heavy atom. The summed E-state index contributed by atoms with van der Waals surface area (Å²) in [5.41, 5.74) is 5.99. The van der Waals surface area contributed by atoms with E-state index in [0.29, 0.717) is 12.1 Å². The maximum Gasteiger partial charge on any atom is 0.309 e. The SMILES string of the molecule is CC(C)(CCCc1ccc(NC(=O)CNC(=O)CNC(=O)CN)cc1)C(=O)O. The van der Waals surface area contributed by atoms with E-state index in [0.717, 1.165) is 18.4 Å². The van der Waals surface area contributed by atoms with E-state index in [1.54, 1.807) is 26.0 Å². The molecule has 0 atom stereocenters. The number of carbonyl (C=O) groups is 4. The first kappa shape index (κ1) is 23.1. The molecule has 1 aromatic carbocycles. The number of nitrogens with one attached hydrogen (secondary N) is 3. The fourth-order valence-electron chi connectivity index (χ4n) is 2.29. The molecule has 9 nitrogen and oxygen atoms in total. The second kappa shape index (κ2) is 11.0. The van der Waals surface area contributed by atoms with Crippen molar-refractivity contribution in [1.82, 2.24) is 10.6 Å². The summed E-state index contributed by atoms with van der Waals surface area (Å²) < 4.78 is 0. The fourth-order valence-corrected chi connectivity index (χ4v) is 2.29. The molecule has 0 bridgehead atoms. The third-order valence-corrected chi connectivity index (χ3v) is 4.16. The summed E-state index contributed by atoms with van der Waals surface area (Å²) in [6.45, 7) is 2.75. The van der Waals surface area contributed by atoms with Gasteiger partial charge in [-0.1, -0.05) is 12.1 Å². The smallest absolute Gasteiger partial charge is 0.309 e. The highest BCUT2D eigenvalue weighted by Crippen LogP contribution is 2.23. The summed E-state index contributed by atoms with van der Waals surface area (Å²) in [7, 11) is 0. The number of amides is 3. The van der Waals surface area contributed by atoms with Crippen LogP contribution in [0.2, 0.25) is 0 Å². The third-order valence-electron chi connectivity index (χ3n) is 4.16. The topological polar surface area (TPSA) is 151 Å². The molecule has 0 aliphatic carbocycles. The molecule has 9 heteroatoms. The number of aliphatic carboxylic acids is 1. The molecule has 0 unspecified atom stereocenters. The van der Waals surface area contributed by atoms with Gasteiger partial charge in [0.25, 0.3) is 0 Å². The number of hydrogen-bond acceptors (Lipinski definition) is 5. The van der Waals surface area contributed by atoms with E-state index in [9.17, 15) is 19.2 Å². The van der Waals surface area contributed by atoms with Gasteiger partial charge in [0.1, 0.15) is 0 Å². The first-order chi connectivity index (χ1) is 13.1. The molecule has 0 heterocycles. The van der Waals surface area contributed by atoms with E-state index in [4.69, 9.17) is 10.8 Å². The number of hydrogen-bond donors (Lipinski definition) is 5. The number of rotatable bonds is 11. The summed E-state index contributed by atoms with van der Waals surface area (Å²) in [6, 6.07) is 7.23. The average Bonchev–Trinajstić information content (AvgIpc) is 2.65. The Morgan fingerprint density at radius 3 is 2.11 bits per heavy atom. The van der Waals surface area contributed by atoms with Gasteiger partial charge in [0.15, 0.2) is 0 Å². The van der Waals surface area contributed by atoms with Crippen molar-refractivity contribution in [1.29, 1.82) is 0 Å². The molecule has 0 radical (unpaired) electrons.